The maximum absolute atomic E-state index is 12.9. The second-order valence-electron chi connectivity index (χ2n) is 6.25. The molecule has 0 saturated carbocycles. The van der Waals surface area contributed by atoms with Crippen LogP contribution in [0.3, 0.4) is 0 Å². The Labute approximate surface area is 159 Å². The minimum absolute atomic E-state index is 0.209. The van der Waals surface area contributed by atoms with Crippen molar-refractivity contribution in [2.45, 2.75) is 19.5 Å². The molecule has 2 N–H and O–H groups in total. The van der Waals surface area contributed by atoms with Crippen molar-refractivity contribution in [1.82, 2.24) is 20.4 Å². The van der Waals surface area contributed by atoms with Crippen LogP contribution in [0, 0.1) is 5.82 Å². The standard InChI is InChI=1S/C21H24FN5/c1-23-21(24-12-10-17-6-8-20(22)9-7-17)25-15-18-4-2-5-19(14-18)16-27-13-3-11-26-27/h2-9,11,13-14H,10,12,15-16H2,1H3,(H2,23,24,25). The van der Waals surface area contributed by atoms with E-state index >= 15 is 0 Å². The van der Waals surface area contributed by atoms with Crippen LogP contribution >= 0.6 is 0 Å². The van der Waals surface area contributed by atoms with Crippen molar-refractivity contribution < 1.29 is 4.39 Å². The summed E-state index contributed by atoms with van der Waals surface area (Å²) in [6.45, 7) is 2.17. The summed E-state index contributed by atoms with van der Waals surface area (Å²) in [5, 5.41) is 10.9. The van der Waals surface area contributed by atoms with Crippen LogP contribution < -0.4 is 10.6 Å². The number of aliphatic imine (C=N–C) groups is 1. The van der Waals surface area contributed by atoms with Crippen molar-refractivity contribution in [3.05, 3.63) is 89.5 Å². The van der Waals surface area contributed by atoms with Gasteiger partial charge in [-0.1, -0.05) is 36.4 Å². The van der Waals surface area contributed by atoms with Crippen LogP contribution in [-0.2, 0) is 19.5 Å². The predicted molar refractivity (Wildman–Crippen MR) is 106 cm³/mol. The monoisotopic (exact) mass is 365 g/mol. The van der Waals surface area contributed by atoms with Crippen molar-refractivity contribution in [3.63, 3.8) is 0 Å². The molecule has 5 nitrogen and oxygen atoms in total. The summed E-state index contributed by atoms with van der Waals surface area (Å²) in [7, 11) is 1.75. The van der Waals surface area contributed by atoms with Crippen LogP contribution in [0.1, 0.15) is 16.7 Å². The highest BCUT2D eigenvalue weighted by Gasteiger charge is 2.01. The summed E-state index contributed by atoms with van der Waals surface area (Å²) in [6, 6.07) is 16.9. The van der Waals surface area contributed by atoms with Gasteiger partial charge < -0.3 is 10.6 Å². The zero-order chi connectivity index (χ0) is 18.9. The lowest BCUT2D eigenvalue weighted by atomic mass is 10.1. The van der Waals surface area contributed by atoms with Gasteiger partial charge in [0.2, 0.25) is 0 Å². The minimum Gasteiger partial charge on any atom is -0.356 e. The van der Waals surface area contributed by atoms with Crippen LogP contribution in [0.4, 0.5) is 4.39 Å². The average Bonchev–Trinajstić information content (AvgIpc) is 3.19. The number of nitrogens with one attached hydrogen (secondary N) is 2. The molecule has 0 aliphatic heterocycles. The highest BCUT2D eigenvalue weighted by molar-refractivity contribution is 5.79. The molecule has 6 heteroatoms. The first-order chi connectivity index (χ1) is 13.2. The quantitative estimate of drug-likeness (QED) is 0.500. The first-order valence-corrected chi connectivity index (χ1v) is 8.97. The topological polar surface area (TPSA) is 54.2 Å². The summed E-state index contributed by atoms with van der Waals surface area (Å²) in [5.74, 6) is 0.536. The second kappa shape index (κ2) is 9.52. The van der Waals surface area contributed by atoms with Crippen molar-refractivity contribution in [3.8, 4) is 0 Å². The first-order valence-electron chi connectivity index (χ1n) is 8.97. The van der Waals surface area contributed by atoms with Gasteiger partial charge >= 0.3 is 0 Å². The summed E-state index contributed by atoms with van der Waals surface area (Å²) in [6.07, 6.45) is 4.55. The van der Waals surface area contributed by atoms with Gasteiger partial charge in [-0.2, -0.15) is 5.10 Å². The fourth-order valence-corrected chi connectivity index (χ4v) is 2.80. The molecule has 0 amide bonds. The minimum atomic E-state index is -0.209. The molecule has 0 aliphatic carbocycles. The number of hydrogen-bond acceptors (Lipinski definition) is 2. The summed E-state index contributed by atoms with van der Waals surface area (Å²) < 4.78 is 14.8. The summed E-state index contributed by atoms with van der Waals surface area (Å²) in [5.41, 5.74) is 3.48. The van der Waals surface area contributed by atoms with Gasteiger partial charge in [0.05, 0.1) is 6.54 Å². The SMILES string of the molecule is CN=C(NCCc1ccc(F)cc1)NCc1cccc(Cn2cccn2)c1. The number of guanidine groups is 1. The van der Waals surface area contributed by atoms with Gasteiger partial charge in [0.25, 0.3) is 0 Å². The van der Waals surface area contributed by atoms with E-state index in [2.05, 4.69) is 45.0 Å². The molecule has 0 bridgehead atoms. The van der Waals surface area contributed by atoms with Crippen molar-refractivity contribution in [2.24, 2.45) is 4.99 Å². The number of nitrogens with zero attached hydrogens (tertiary/aromatic N) is 3. The molecular weight excluding hydrogens is 341 g/mol. The molecule has 3 rings (SSSR count). The molecule has 0 atom stereocenters. The Morgan fingerprint density at radius 3 is 2.59 bits per heavy atom. The van der Waals surface area contributed by atoms with Gasteiger partial charge in [0.15, 0.2) is 5.96 Å². The van der Waals surface area contributed by atoms with E-state index in [4.69, 9.17) is 0 Å². The summed E-state index contributed by atoms with van der Waals surface area (Å²) in [4.78, 5) is 4.25. The summed E-state index contributed by atoms with van der Waals surface area (Å²) >= 11 is 0. The fraction of sp³-hybridized carbons (Fsp3) is 0.238. The lowest BCUT2D eigenvalue weighted by molar-refractivity contribution is 0.626. The molecular formula is C21H24FN5. The Morgan fingerprint density at radius 1 is 1.04 bits per heavy atom. The number of aromatic nitrogens is 2. The first kappa shape index (κ1) is 18.6. The number of rotatable bonds is 7. The van der Waals surface area contributed by atoms with E-state index in [0.29, 0.717) is 6.54 Å². The third kappa shape index (κ3) is 5.95. The third-order valence-corrected chi connectivity index (χ3v) is 4.20. The molecule has 0 aliphatic rings. The van der Waals surface area contributed by atoms with E-state index in [1.807, 2.05) is 16.9 Å². The van der Waals surface area contributed by atoms with Crippen molar-refractivity contribution in [1.29, 1.82) is 0 Å². The number of halogens is 1. The largest absolute Gasteiger partial charge is 0.356 e. The molecule has 1 aromatic heterocycles. The van der Waals surface area contributed by atoms with Crippen LogP contribution in [0.15, 0.2) is 72.0 Å². The van der Waals surface area contributed by atoms with Gasteiger partial charge in [-0.25, -0.2) is 4.39 Å². The molecule has 140 valence electrons. The van der Waals surface area contributed by atoms with Gasteiger partial charge in [-0.15, -0.1) is 0 Å². The maximum atomic E-state index is 12.9. The number of benzene rings is 2. The molecule has 0 saturated heterocycles. The van der Waals surface area contributed by atoms with E-state index in [9.17, 15) is 4.39 Å². The molecule has 0 fully saturated rings. The zero-order valence-corrected chi connectivity index (χ0v) is 15.4. The van der Waals surface area contributed by atoms with E-state index in [1.165, 1.54) is 23.3 Å². The van der Waals surface area contributed by atoms with Crippen molar-refractivity contribution >= 4 is 5.96 Å². The van der Waals surface area contributed by atoms with Crippen LogP contribution in [0.25, 0.3) is 0 Å². The van der Waals surface area contributed by atoms with E-state index < -0.39 is 0 Å². The molecule has 0 spiro atoms. The average molecular weight is 365 g/mol. The van der Waals surface area contributed by atoms with Gasteiger partial charge in [-0.3, -0.25) is 9.67 Å². The van der Waals surface area contributed by atoms with Crippen LogP contribution in [0.2, 0.25) is 0 Å². The highest BCUT2D eigenvalue weighted by atomic mass is 19.1. The van der Waals surface area contributed by atoms with Gasteiger partial charge in [0, 0.05) is 32.5 Å². The normalized spacial score (nSPS) is 11.4. The Bertz CT molecular complexity index is 857. The predicted octanol–water partition coefficient (Wildman–Crippen LogP) is 2.98. The molecule has 1 heterocycles. The Morgan fingerprint density at radius 2 is 1.85 bits per heavy atom. The number of hydrogen-bond donors (Lipinski definition) is 2. The lowest BCUT2D eigenvalue weighted by Gasteiger charge is -2.13. The van der Waals surface area contributed by atoms with E-state index in [-0.39, 0.29) is 5.82 Å². The lowest BCUT2D eigenvalue weighted by Crippen LogP contribution is -2.37. The second-order valence-corrected chi connectivity index (χ2v) is 6.25. The molecule has 3 aromatic rings. The smallest absolute Gasteiger partial charge is 0.191 e. The van der Waals surface area contributed by atoms with Crippen LogP contribution in [0.5, 0.6) is 0 Å². The zero-order valence-electron chi connectivity index (χ0n) is 15.4. The Balaban J connectivity index is 1.46. The Hall–Kier alpha value is -3.15. The van der Waals surface area contributed by atoms with Gasteiger partial charge in [-0.05, 0) is 41.3 Å². The Kier molecular flexibility index (Phi) is 6.57. The highest BCUT2D eigenvalue weighted by Crippen LogP contribution is 2.07. The van der Waals surface area contributed by atoms with E-state index in [1.54, 1.807) is 25.4 Å². The fourth-order valence-electron chi connectivity index (χ4n) is 2.80. The molecule has 2 aromatic carbocycles. The third-order valence-electron chi connectivity index (χ3n) is 4.20. The molecule has 0 unspecified atom stereocenters. The molecule has 0 radical (unpaired) electrons. The molecule has 27 heavy (non-hydrogen) atoms. The maximum Gasteiger partial charge on any atom is 0.191 e. The van der Waals surface area contributed by atoms with Gasteiger partial charge in [0.1, 0.15) is 5.82 Å². The van der Waals surface area contributed by atoms with Crippen molar-refractivity contribution in [2.75, 3.05) is 13.6 Å². The van der Waals surface area contributed by atoms with E-state index in [0.717, 1.165) is 31.0 Å². The van der Waals surface area contributed by atoms with Crippen LogP contribution in [-0.4, -0.2) is 29.3 Å².